The van der Waals surface area contributed by atoms with Crippen LogP contribution in [0.1, 0.15) is 83.9 Å². The Morgan fingerprint density at radius 3 is 2.37 bits per heavy atom. The van der Waals surface area contributed by atoms with E-state index in [-0.39, 0.29) is 11.2 Å². The largest absolute Gasteiger partial charge is 0.332 e. The zero-order valence-electron chi connectivity index (χ0n) is 19.3. The second-order valence-corrected chi connectivity index (χ2v) is 8.99. The zero-order chi connectivity index (χ0) is 21.7. The van der Waals surface area contributed by atoms with Crippen molar-refractivity contribution in [1.82, 2.24) is 23.6 Å². The van der Waals surface area contributed by atoms with Crippen LogP contribution in [-0.2, 0) is 27.2 Å². The van der Waals surface area contributed by atoms with E-state index < -0.39 is 0 Å². The van der Waals surface area contributed by atoms with E-state index in [2.05, 4.69) is 23.3 Å². The molecule has 3 rings (SSSR count). The number of hydrogen-bond donors (Lipinski definition) is 0. The van der Waals surface area contributed by atoms with Gasteiger partial charge in [-0.15, -0.1) is 0 Å². The summed E-state index contributed by atoms with van der Waals surface area (Å²) < 4.78 is 4.82. The minimum atomic E-state index is -0.314. The highest BCUT2D eigenvalue weighted by Crippen LogP contribution is 2.21. The van der Waals surface area contributed by atoms with Gasteiger partial charge in [0.1, 0.15) is 5.82 Å². The Morgan fingerprint density at radius 1 is 0.967 bits per heavy atom. The molecule has 1 aliphatic heterocycles. The Labute approximate surface area is 179 Å². The quantitative estimate of drug-likeness (QED) is 0.555. The van der Waals surface area contributed by atoms with Crippen molar-refractivity contribution in [3.8, 4) is 0 Å². The average Bonchev–Trinajstić information content (AvgIpc) is 3.10. The van der Waals surface area contributed by atoms with Gasteiger partial charge in [-0.1, -0.05) is 51.9 Å². The maximum Gasteiger partial charge on any atom is 0.332 e. The highest BCUT2D eigenvalue weighted by molar-refractivity contribution is 5.71. The molecule has 0 amide bonds. The van der Waals surface area contributed by atoms with Crippen molar-refractivity contribution in [3.05, 3.63) is 26.7 Å². The summed E-state index contributed by atoms with van der Waals surface area (Å²) in [6.45, 7) is 7.11. The highest BCUT2D eigenvalue weighted by atomic mass is 16.2. The van der Waals surface area contributed by atoms with E-state index in [4.69, 9.17) is 4.98 Å². The van der Waals surface area contributed by atoms with Gasteiger partial charge in [-0.05, 0) is 32.7 Å². The van der Waals surface area contributed by atoms with Gasteiger partial charge in [0.2, 0.25) is 0 Å². The smallest absolute Gasteiger partial charge is 0.321 e. The van der Waals surface area contributed by atoms with Crippen LogP contribution in [0.25, 0.3) is 11.2 Å². The molecule has 0 bridgehead atoms. The summed E-state index contributed by atoms with van der Waals surface area (Å²) >= 11 is 0. The van der Waals surface area contributed by atoms with Gasteiger partial charge in [-0.25, -0.2) is 9.78 Å². The molecule has 7 nitrogen and oxygen atoms in total. The van der Waals surface area contributed by atoms with Crippen molar-refractivity contribution in [2.24, 2.45) is 14.1 Å². The lowest BCUT2D eigenvalue weighted by molar-refractivity contribution is 0.147. The summed E-state index contributed by atoms with van der Waals surface area (Å²) in [7, 11) is 3.27. The molecule has 2 aromatic heterocycles. The number of imidazole rings is 1. The molecule has 0 N–H and O–H groups in total. The Hall–Kier alpha value is -1.89. The molecular weight excluding hydrogens is 378 g/mol. The van der Waals surface area contributed by atoms with Gasteiger partial charge in [0.25, 0.3) is 5.56 Å². The van der Waals surface area contributed by atoms with Gasteiger partial charge in [0.15, 0.2) is 11.2 Å². The van der Waals surface area contributed by atoms with Crippen molar-refractivity contribution in [1.29, 1.82) is 0 Å². The predicted octanol–water partition coefficient (Wildman–Crippen LogP) is 3.56. The van der Waals surface area contributed by atoms with Crippen molar-refractivity contribution < 1.29 is 0 Å². The number of aryl methyl sites for hydroxylation is 2. The van der Waals surface area contributed by atoms with Crippen molar-refractivity contribution in [2.75, 3.05) is 6.54 Å². The molecule has 1 fully saturated rings. The number of likely N-dealkylation sites (tertiary alicyclic amines) is 1. The molecule has 0 aromatic carbocycles. The van der Waals surface area contributed by atoms with Crippen LogP contribution >= 0.6 is 0 Å². The minimum Gasteiger partial charge on any atom is -0.321 e. The van der Waals surface area contributed by atoms with Crippen LogP contribution in [0.4, 0.5) is 0 Å². The van der Waals surface area contributed by atoms with Crippen LogP contribution in [0.3, 0.4) is 0 Å². The topological polar surface area (TPSA) is 65.1 Å². The third kappa shape index (κ3) is 4.88. The Balaban J connectivity index is 1.86. The molecule has 1 aliphatic rings. The number of fused-ring (bicyclic) bond motifs is 1. The number of unbranched alkanes of at least 4 members (excludes halogenated alkanes) is 6. The first-order valence-electron chi connectivity index (χ1n) is 11.8. The second kappa shape index (κ2) is 10.4. The van der Waals surface area contributed by atoms with Crippen LogP contribution < -0.4 is 11.2 Å². The fraction of sp³-hybridized carbons (Fsp3) is 0.783. The average molecular weight is 418 g/mol. The summed E-state index contributed by atoms with van der Waals surface area (Å²) in [5, 5.41) is 0. The number of rotatable bonds is 10. The number of hydrogen-bond acceptors (Lipinski definition) is 4. The summed E-state index contributed by atoms with van der Waals surface area (Å²) in [6, 6.07) is 0.525. The Bertz CT molecular complexity index is 955. The third-order valence-electron chi connectivity index (χ3n) is 6.70. The van der Waals surface area contributed by atoms with Crippen LogP contribution in [0.15, 0.2) is 9.59 Å². The van der Waals surface area contributed by atoms with Crippen molar-refractivity contribution in [3.63, 3.8) is 0 Å². The zero-order valence-corrected chi connectivity index (χ0v) is 19.3. The second-order valence-electron chi connectivity index (χ2n) is 8.99. The number of aromatic nitrogens is 4. The lowest BCUT2D eigenvalue weighted by Crippen LogP contribution is -2.38. The summed E-state index contributed by atoms with van der Waals surface area (Å²) in [5.41, 5.74) is 0.545. The summed E-state index contributed by atoms with van der Waals surface area (Å²) in [4.78, 5) is 32.7. The third-order valence-corrected chi connectivity index (χ3v) is 6.70. The van der Waals surface area contributed by atoms with Gasteiger partial charge < -0.3 is 4.57 Å². The summed E-state index contributed by atoms with van der Waals surface area (Å²) in [6.07, 6.45) is 12.3. The molecule has 2 aromatic rings. The standard InChI is InChI=1S/C23H39N5O2/c1-5-6-7-8-9-10-12-16-28-19(17-27-15-13-11-14-18(27)2)24-21-20(28)22(29)26(4)23(30)25(21)3/h18H,5-17H2,1-4H3/t18-/m0/s1. The van der Waals surface area contributed by atoms with Crippen molar-refractivity contribution >= 4 is 11.2 Å². The predicted molar refractivity (Wildman–Crippen MR) is 122 cm³/mol. The van der Waals surface area contributed by atoms with Gasteiger partial charge in [0.05, 0.1) is 6.54 Å². The number of nitrogens with zero attached hydrogens (tertiary/aromatic N) is 5. The first-order chi connectivity index (χ1) is 14.5. The van der Waals surface area contributed by atoms with Gasteiger partial charge in [0, 0.05) is 26.7 Å². The molecule has 0 aliphatic carbocycles. The van der Waals surface area contributed by atoms with Crippen LogP contribution in [-0.4, -0.2) is 36.2 Å². The fourth-order valence-corrected chi connectivity index (χ4v) is 4.65. The minimum absolute atomic E-state index is 0.235. The van der Waals surface area contributed by atoms with E-state index in [1.54, 1.807) is 14.1 Å². The molecular formula is C23H39N5O2. The monoisotopic (exact) mass is 417 g/mol. The molecule has 0 unspecified atom stereocenters. The molecule has 1 atom stereocenters. The summed E-state index contributed by atoms with van der Waals surface area (Å²) in [5.74, 6) is 0.919. The molecule has 168 valence electrons. The van der Waals surface area contributed by atoms with E-state index in [0.29, 0.717) is 17.2 Å². The first-order valence-corrected chi connectivity index (χ1v) is 11.8. The van der Waals surface area contributed by atoms with Crippen LogP contribution in [0, 0.1) is 0 Å². The lowest BCUT2D eigenvalue weighted by atomic mass is 10.0. The van der Waals surface area contributed by atoms with Gasteiger partial charge in [-0.2, -0.15) is 0 Å². The normalized spacial score (nSPS) is 17.8. The maximum atomic E-state index is 13.0. The molecule has 1 saturated heterocycles. The highest BCUT2D eigenvalue weighted by Gasteiger charge is 2.23. The molecule has 30 heavy (non-hydrogen) atoms. The van der Waals surface area contributed by atoms with Crippen LogP contribution in [0.2, 0.25) is 0 Å². The SMILES string of the molecule is CCCCCCCCCn1c(CN2CCCC[C@@H]2C)nc2c1c(=O)n(C)c(=O)n2C. The number of piperidine rings is 1. The Kier molecular flexibility index (Phi) is 7.92. The maximum absolute atomic E-state index is 13.0. The van der Waals surface area contributed by atoms with Gasteiger partial charge >= 0.3 is 5.69 Å². The molecule has 3 heterocycles. The van der Waals surface area contributed by atoms with E-state index in [1.165, 1.54) is 60.5 Å². The lowest BCUT2D eigenvalue weighted by Gasteiger charge is -2.33. The van der Waals surface area contributed by atoms with Crippen molar-refractivity contribution in [2.45, 2.75) is 97.2 Å². The first kappa shape index (κ1) is 22.8. The fourth-order valence-electron chi connectivity index (χ4n) is 4.65. The molecule has 0 spiro atoms. The van der Waals surface area contributed by atoms with Gasteiger partial charge in [-0.3, -0.25) is 18.8 Å². The Morgan fingerprint density at radius 2 is 1.67 bits per heavy atom. The van der Waals surface area contributed by atoms with E-state index >= 15 is 0 Å². The molecule has 0 saturated carbocycles. The van der Waals surface area contributed by atoms with E-state index in [0.717, 1.165) is 38.3 Å². The van der Waals surface area contributed by atoms with Crippen LogP contribution in [0.5, 0.6) is 0 Å². The molecule has 7 heteroatoms. The van der Waals surface area contributed by atoms with E-state index in [9.17, 15) is 9.59 Å². The molecule has 0 radical (unpaired) electrons. The van der Waals surface area contributed by atoms with E-state index in [1.807, 2.05) is 0 Å².